The van der Waals surface area contributed by atoms with Crippen LogP contribution in [0.5, 0.6) is 0 Å². The standard InChI is InChI=1S/C22H14F4N4O2/c23-18-10-9-16(28-21(31)27-15-8-4-7-14(11-15)22(24,25)26)12-17(18)20-30-29-19(32-20)13-5-2-1-3-6-13/h1-12H,(H2,27,28,31). The van der Waals surface area contributed by atoms with Crippen molar-refractivity contribution in [2.45, 2.75) is 6.18 Å². The van der Waals surface area contributed by atoms with Gasteiger partial charge in [-0.3, -0.25) is 0 Å². The molecule has 0 atom stereocenters. The highest BCUT2D eigenvalue weighted by Gasteiger charge is 2.30. The molecule has 6 nitrogen and oxygen atoms in total. The summed E-state index contributed by atoms with van der Waals surface area (Å²) in [6, 6.07) is 15.9. The Labute approximate surface area is 178 Å². The average molecular weight is 442 g/mol. The normalized spacial score (nSPS) is 11.2. The van der Waals surface area contributed by atoms with E-state index in [0.29, 0.717) is 5.56 Å². The second-order valence-electron chi connectivity index (χ2n) is 6.63. The molecule has 10 heteroatoms. The van der Waals surface area contributed by atoms with Crippen LogP contribution >= 0.6 is 0 Å². The molecule has 3 aromatic carbocycles. The molecule has 1 heterocycles. The summed E-state index contributed by atoms with van der Waals surface area (Å²) >= 11 is 0. The van der Waals surface area contributed by atoms with Crippen molar-refractivity contribution in [1.82, 2.24) is 10.2 Å². The van der Waals surface area contributed by atoms with E-state index in [2.05, 4.69) is 20.8 Å². The molecule has 2 amide bonds. The Bertz CT molecular complexity index is 1260. The minimum Gasteiger partial charge on any atom is -0.416 e. The molecular weight excluding hydrogens is 428 g/mol. The minimum absolute atomic E-state index is 0.0449. The van der Waals surface area contributed by atoms with Crippen LogP contribution in [0.15, 0.2) is 77.2 Å². The lowest BCUT2D eigenvalue weighted by molar-refractivity contribution is -0.137. The molecule has 0 bridgehead atoms. The van der Waals surface area contributed by atoms with Crippen molar-refractivity contribution >= 4 is 17.4 Å². The van der Waals surface area contributed by atoms with E-state index in [1.807, 2.05) is 6.07 Å². The van der Waals surface area contributed by atoms with E-state index < -0.39 is 23.6 Å². The van der Waals surface area contributed by atoms with E-state index in [4.69, 9.17) is 4.42 Å². The number of nitrogens with one attached hydrogen (secondary N) is 2. The monoisotopic (exact) mass is 442 g/mol. The van der Waals surface area contributed by atoms with Gasteiger partial charge in [0.15, 0.2) is 0 Å². The van der Waals surface area contributed by atoms with Crippen LogP contribution in [0.3, 0.4) is 0 Å². The third-order valence-electron chi connectivity index (χ3n) is 4.35. The summed E-state index contributed by atoms with van der Waals surface area (Å²) in [7, 11) is 0. The third-order valence-corrected chi connectivity index (χ3v) is 4.35. The number of alkyl halides is 3. The molecule has 0 spiro atoms. The number of hydrogen-bond donors (Lipinski definition) is 2. The van der Waals surface area contributed by atoms with Crippen molar-refractivity contribution in [2.75, 3.05) is 10.6 Å². The summed E-state index contributed by atoms with van der Waals surface area (Å²) in [4.78, 5) is 12.2. The number of hydrogen-bond acceptors (Lipinski definition) is 4. The van der Waals surface area contributed by atoms with Crippen molar-refractivity contribution in [3.05, 3.63) is 84.2 Å². The minimum atomic E-state index is -4.54. The molecule has 0 saturated heterocycles. The first-order valence-electron chi connectivity index (χ1n) is 9.24. The molecule has 0 unspecified atom stereocenters. The molecule has 0 aliphatic rings. The smallest absolute Gasteiger partial charge is 0.416 e. The van der Waals surface area contributed by atoms with Crippen LogP contribution in [0.4, 0.5) is 33.7 Å². The maximum Gasteiger partial charge on any atom is 0.416 e. The first-order chi connectivity index (χ1) is 15.3. The molecule has 0 radical (unpaired) electrons. The number of rotatable bonds is 4. The van der Waals surface area contributed by atoms with Gasteiger partial charge in [-0.2, -0.15) is 13.2 Å². The second kappa shape index (κ2) is 8.50. The van der Waals surface area contributed by atoms with Crippen LogP contribution in [-0.2, 0) is 6.18 Å². The number of benzene rings is 3. The van der Waals surface area contributed by atoms with Crippen molar-refractivity contribution < 1.29 is 26.8 Å². The number of nitrogens with zero attached hydrogens (tertiary/aromatic N) is 2. The summed E-state index contributed by atoms with van der Waals surface area (Å²) in [6.07, 6.45) is -4.54. The Morgan fingerprint density at radius 2 is 1.50 bits per heavy atom. The maximum atomic E-state index is 14.3. The zero-order valence-corrected chi connectivity index (χ0v) is 16.2. The lowest BCUT2D eigenvalue weighted by atomic mass is 10.2. The Balaban J connectivity index is 1.51. The Kier molecular flexibility index (Phi) is 5.59. The molecule has 0 aliphatic heterocycles. The van der Waals surface area contributed by atoms with E-state index >= 15 is 0 Å². The van der Waals surface area contributed by atoms with Crippen molar-refractivity contribution in [3.63, 3.8) is 0 Å². The molecule has 2 N–H and O–H groups in total. The maximum absolute atomic E-state index is 14.3. The van der Waals surface area contributed by atoms with E-state index in [9.17, 15) is 22.4 Å². The van der Waals surface area contributed by atoms with Crippen LogP contribution in [-0.4, -0.2) is 16.2 Å². The average Bonchev–Trinajstić information content (AvgIpc) is 3.25. The van der Waals surface area contributed by atoms with Gasteiger partial charge in [-0.15, -0.1) is 10.2 Å². The first-order valence-corrected chi connectivity index (χ1v) is 9.24. The lowest BCUT2D eigenvalue weighted by Gasteiger charge is -2.11. The largest absolute Gasteiger partial charge is 0.416 e. The van der Waals surface area contributed by atoms with Crippen LogP contribution in [0.25, 0.3) is 22.9 Å². The van der Waals surface area contributed by atoms with Gasteiger partial charge in [0.2, 0.25) is 5.89 Å². The molecule has 0 fully saturated rings. The molecule has 1 aromatic heterocycles. The lowest BCUT2D eigenvalue weighted by Crippen LogP contribution is -2.20. The summed E-state index contributed by atoms with van der Waals surface area (Å²) in [5.41, 5.74) is -0.169. The van der Waals surface area contributed by atoms with Crippen LogP contribution in [0.2, 0.25) is 0 Å². The fourth-order valence-corrected chi connectivity index (χ4v) is 2.86. The second-order valence-corrected chi connectivity index (χ2v) is 6.63. The van der Waals surface area contributed by atoms with Crippen molar-refractivity contribution in [3.8, 4) is 22.9 Å². The predicted molar refractivity (Wildman–Crippen MR) is 109 cm³/mol. The summed E-state index contributed by atoms with van der Waals surface area (Å²) in [5, 5.41) is 12.5. The summed E-state index contributed by atoms with van der Waals surface area (Å²) < 4.78 is 58.4. The molecule has 0 saturated carbocycles. The Hall–Kier alpha value is -4.21. The van der Waals surface area contributed by atoms with Gasteiger partial charge in [0.05, 0.1) is 11.1 Å². The Morgan fingerprint density at radius 1 is 0.812 bits per heavy atom. The highest BCUT2D eigenvalue weighted by Crippen LogP contribution is 2.31. The number of urea groups is 1. The fourth-order valence-electron chi connectivity index (χ4n) is 2.86. The number of halogens is 4. The van der Waals surface area contributed by atoms with E-state index in [0.717, 1.165) is 18.2 Å². The summed E-state index contributed by atoms with van der Waals surface area (Å²) in [6.45, 7) is 0. The quantitative estimate of drug-likeness (QED) is 0.369. The van der Waals surface area contributed by atoms with E-state index in [1.165, 1.54) is 24.3 Å². The zero-order valence-electron chi connectivity index (χ0n) is 16.2. The topological polar surface area (TPSA) is 80.0 Å². The molecule has 4 aromatic rings. The highest BCUT2D eigenvalue weighted by atomic mass is 19.4. The molecule has 4 rings (SSSR count). The first kappa shape index (κ1) is 21.0. The number of carbonyl (C=O) groups excluding carboxylic acids is 1. The van der Waals surface area contributed by atoms with Gasteiger partial charge in [-0.25, -0.2) is 9.18 Å². The molecular formula is C22H14F4N4O2. The highest BCUT2D eigenvalue weighted by molar-refractivity contribution is 6.00. The van der Waals surface area contributed by atoms with Gasteiger partial charge < -0.3 is 15.1 Å². The SMILES string of the molecule is O=C(Nc1cccc(C(F)(F)F)c1)Nc1ccc(F)c(-c2nnc(-c3ccccc3)o2)c1. The third kappa shape index (κ3) is 4.75. The predicted octanol–water partition coefficient (Wildman–Crippen LogP) is 6.21. The zero-order chi connectivity index (χ0) is 22.7. The fraction of sp³-hybridized carbons (Fsp3) is 0.0455. The molecule has 162 valence electrons. The number of aromatic nitrogens is 2. The van der Waals surface area contributed by atoms with Crippen molar-refractivity contribution in [2.24, 2.45) is 0 Å². The number of carbonyl (C=O) groups is 1. The molecule has 0 aliphatic carbocycles. The van der Waals surface area contributed by atoms with Crippen LogP contribution in [0.1, 0.15) is 5.56 Å². The van der Waals surface area contributed by atoms with Gasteiger partial charge in [0, 0.05) is 16.9 Å². The van der Waals surface area contributed by atoms with Gasteiger partial charge in [0.1, 0.15) is 5.82 Å². The van der Waals surface area contributed by atoms with E-state index in [1.54, 1.807) is 24.3 Å². The number of anilines is 2. The molecule has 32 heavy (non-hydrogen) atoms. The van der Waals surface area contributed by atoms with Gasteiger partial charge in [-0.1, -0.05) is 24.3 Å². The Morgan fingerprint density at radius 3 is 2.22 bits per heavy atom. The van der Waals surface area contributed by atoms with Crippen LogP contribution in [0, 0.1) is 5.82 Å². The van der Waals surface area contributed by atoms with Crippen molar-refractivity contribution in [1.29, 1.82) is 0 Å². The van der Waals surface area contributed by atoms with Gasteiger partial charge >= 0.3 is 12.2 Å². The van der Waals surface area contributed by atoms with Gasteiger partial charge in [0.25, 0.3) is 5.89 Å². The number of amides is 2. The summed E-state index contributed by atoms with van der Waals surface area (Å²) in [5.74, 6) is -0.555. The van der Waals surface area contributed by atoms with Crippen LogP contribution < -0.4 is 10.6 Å². The van der Waals surface area contributed by atoms with Gasteiger partial charge in [-0.05, 0) is 48.5 Å². The van der Waals surface area contributed by atoms with E-state index in [-0.39, 0.29) is 28.7 Å².